The van der Waals surface area contributed by atoms with Crippen molar-refractivity contribution >= 4 is 6.08 Å². The molecule has 0 aliphatic carbocycles. The van der Waals surface area contributed by atoms with E-state index in [1.165, 1.54) is 25.5 Å². The van der Waals surface area contributed by atoms with Gasteiger partial charge in [0, 0.05) is 13.0 Å². The van der Waals surface area contributed by atoms with E-state index in [1.807, 2.05) is 0 Å². The number of imidazole rings is 1. The van der Waals surface area contributed by atoms with Crippen LogP contribution in [0.5, 0.6) is 0 Å². The molecule has 0 saturated heterocycles. The average Bonchev–Trinajstić information content (AvgIpc) is 2.39. The summed E-state index contributed by atoms with van der Waals surface area (Å²) in [6.45, 7) is 1.43. The molecule has 1 rings (SSSR count). The third kappa shape index (κ3) is 1.89. The fraction of sp³-hybridized carbons (Fsp3) is 0.167. The Kier molecular flexibility index (Phi) is 2.00. The van der Waals surface area contributed by atoms with Gasteiger partial charge in [-0.1, -0.05) is 0 Å². The molecule has 0 aliphatic rings. The largest absolute Gasteiger partial charge is 0.345 e. The number of hydrogen-bond donors (Lipinski definition) is 1. The number of nitrogens with zero attached hydrogens (tertiary/aromatic N) is 2. The lowest BCUT2D eigenvalue weighted by Crippen LogP contribution is -1.92. The lowest BCUT2D eigenvalue weighted by atomic mass is 10.4. The van der Waals surface area contributed by atoms with E-state index in [0.717, 1.165) is 0 Å². The van der Waals surface area contributed by atoms with E-state index >= 15 is 0 Å². The summed E-state index contributed by atoms with van der Waals surface area (Å²) in [5, 5.41) is 10.1. The SMILES string of the molecule is CC(=Cc1cnc[nH]1)[N+](=O)[O-]. The lowest BCUT2D eigenvalue weighted by molar-refractivity contribution is -0.422. The molecule has 5 nitrogen and oxygen atoms in total. The van der Waals surface area contributed by atoms with Gasteiger partial charge >= 0.3 is 0 Å². The van der Waals surface area contributed by atoms with E-state index in [4.69, 9.17) is 0 Å². The van der Waals surface area contributed by atoms with Gasteiger partial charge in [-0.15, -0.1) is 0 Å². The number of rotatable bonds is 2. The molecule has 0 aromatic carbocycles. The van der Waals surface area contributed by atoms with Gasteiger partial charge < -0.3 is 4.98 Å². The topological polar surface area (TPSA) is 71.8 Å². The highest BCUT2D eigenvalue weighted by Crippen LogP contribution is 2.01. The van der Waals surface area contributed by atoms with E-state index in [1.54, 1.807) is 0 Å². The van der Waals surface area contributed by atoms with Crippen LogP contribution in [0.2, 0.25) is 0 Å². The van der Waals surface area contributed by atoms with Gasteiger partial charge in [-0.25, -0.2) is 4.98 Å². The molecule has 0 unspecified atom stereocenters. The Hall–Kier alpha value is -1.65. The molecule has 1 heterocycles. The zero-order chi connectivity index (χ0) is 8.27. The normalized spacial score (nSPS) is 11.5. The van der Waals surface area contributed by atoms with Crippen molar-refractivity contribution in [1.82, 2.24) is 9.97 Å². The maximum Gasteiger partial charge on any atom is 0.245 e. The molecule has 0 bridgehead atoms. The van der Waals surface area contributed by atoms with Crippen molar-refractivity contribution < 1.29 is 4.92 Å². The van der Waals surface area contributed by atoms with Crippen LogP contribution in [0.15, 0.2) is 18.2 Å². The van der Waals surface area contributed by atoms with Crippen molar-refractivity contribution in [2.24, 2.45) is 0 Å². The van der Waals surface area contributed by atoms with Crippen molar-refractivity contribution in [3.8, 4) is 0 Å². The minimum absolute atomic E-state index is 0.0919. The summed E-state index contributed by atoms with van der Waals surface area (Å²) in [5.41, 5.74) is 0.730. The fourth-order valence-corrected chi connectivity index (χ4v) is 0.623. The first-order valence-electron chi connectivity index (χ1n) is 3.01. The van der Waals surface area contributed by atoms with Gasteiger partial charge in [0.25, 0.3) is 0 Å². The first kappa shape index (κ1) is 7.46. The Labute approximate surface area is 62.9 Å². The van der Waals surface area contributed by atoms with E-state index in [9.17, 15) is 10.1 Å². The Balaban J connectivity index is 2.82. The summed E-state index contributed by atoms with van der Waals surface area (Å²) < 4.78 is 0. The van der Waals surface area contributed by atoms with Crippen LogP contribution in [0.4, 0.5) is 0 Å². The average molecular weight is 153 g/mol. The standard InChI is InChI=1S/C6H7N3O2/c1-5(9(10)11)2-6-3-7-4-8-6/h2-4H,1H3,(H,7,8). The molecular formula is C6H7N3O2. The molecule has 5 heteroatoms. The van der Waals surface area contributed by atoms with Crippen LogP contribution in [0.25, 0.3) is 6.08 Å². The molecule has 0 radical (unpaired) electrons. The molecule has 0 atom stereocenters. The maximum absolute atomic E-state index is 10.1. The molecule has 1 aromatic heterocycles. The van der Waals surface area contributed by atoms with Crippen molar-refractivity contribution in [3.05, 3.63) is 34.0 Å². The molecule has 11 heavy (non-hydrogen) atoms. The molecule has 0 amide bonds. The zero-order valence-electron chi connectivity index (χ0n) is 5.94. The van der Waals surface area contributed by atoms with Gasteiger partial charge in [-0.3, -0.25) is 10.1 Å². The highest BCUT2D eigenvalue weighted by molar-refractivity contribution is 5.44. The third-order valence-corrected chi connectivity index (χ3v) is 1.17. The van der Waals surface area contributed by atoms with Crippen LogP contribution in [0.3, 0.4) is 0 Å². The van der Waals surface area contributed by atoms with E-state index < -0.39 is 4.92 Å². The van der Waals surface area contributed by atoms with Gasteiger partial charge in [0.15, 0.2) is 0 Å². The molecule has 58 valence electrons. The molecule has 0 saturated carbocycles. The molecule has 1 aromatic rings. The fourth-order valence-electron chi connectivity index (χ4n) is 0.623. The number of aromatic amines is 1. The number of nitro groups is 1. The minimum atomic E-state index is -0.444. The molecule has 0 aliphatic heterocycles. The smallest absolute Gasteiger partial charge is 0.245 e. The van der Waals surface area contributed by atoms with Gasteiger partial charge in [0.1, 0.15) is 0 Å². The maximum atomic E-state index is 10.1. The quantitative estimate of drug-likeness (QED) is 0.509. The van der Waals surface area contributed by atoms with Crippen molar-refractivity contribution in [3.63, 3.8) is 0 Å². The van der Waals surface area contributed by atoms with Gasteiger partial charge in [0.2, 0.25) is 5.70 Å². The number of H-pyrrole nitrogens is 1. The molecule has 0 fully saturated rings. The van der Waals surface area contributed by atoms with Crippen LogP contribution < -0.4 is 0 Å². The second kappa shape index (κ2) is 2.96. The zero-order valence-corrected chi connectivity index (χ0v) is 5.94. The summed E-state index contributed by atoms with van der Waals surface area (Å²) in [7, 11) is 0. The Morgan fingerprint density at radius 1 is 1.91 bits per heavy atom. The van der Waals surface area contributed by atoms with Gasteiger partial charge in [-0.2, -0.15) is 0 Å². The summed E-state index contributed by atoms with van der Waals surface area (Å²) in [6.07, 6.45) is 4.42. The highest BCUT2D eigenvalue weighted by atomic mass is 16.6. The van der Waals surface area contributed by atoms with Crippen molar-refractivity contribution in [2.45, 2.75) is 6.92 Å². The predicted octanol–water partition coefficient (Wildman–Crippen LogP) is 1.05. The monoisotopic (exact) mass is 153 g/mol. The number of hydrogen-bond acceptors (Lipinski definition) is 3. The first-order chi connectivity index (χ1) is 5.20. The van der Waals surface area contributed by atoms with E-state index in [2.05, 4.69) is 9.97 Å². The predicted molar refractivity (Wildman–Crippen MR) is 39.2 cm³/mol. The Morgan fingerprint density at radius 3 is 3.09 bits per heavy atom. The minimum Gasteiger partial charge on any atom is -0.345 e. The molecular weight excluding hydrogens is 146 g/mol. The number of nitrogens with one attached hydrogen (secondary N) is 1. The van der Waals surface area contributed by atoms with E-state index in [-0.39, 0.29) is 5.70 Å². The second-order valence-electron chi connectivity index (χ2n) is 2.05. The Morgan fingerprint density at radius 2 is 2.64 bits per heavy atom. The Bertz CT molecular complexity index is 276. The third-order valence-electron chi connectivity index (χ3n) is 1.17. The van der Waals surface area contributed by atoms with Crippen molar-refractivity contribution in [1.29, 1.82) is 0 Å². The summed E-state index contributed by atoms with van der Waals surface area (Å²) in [6, 6.07) is 0. The number of aromatic nitrogens is 2. The van der Waals surface area contributed by atoms with E-state index in [0.29, 0.717) is 5.69 Å². The molecule has 0 spiro atoms. The molecule has 1 N–H and O–H groups in total. The lowest BCUT2D eigenvalue weighted by Gasteiger charge is -1.86. The van der Waals surface area contributed by atoms with Crippen molar-refractivity contribution in [2.75, 3.05) is 0 Å². The van der Waals surface area contributed by atoms with Gasteiger partial charge in [-0.05, 0) is 0 Å². The first-order valence-corrected chi connectivity index (χ1v) is 3.01. The summed E-state index contributed by atoms with van der Waals surface area (Å²) >= 11 is 0. The van der Waals surface area contributed by atoms with Gasteiger partial charge in [0.05, 0.1) is 23.1 Å². The van der Waals surface area contributed by atoms with Crippen LogP contribution in [0.1, 0.15) is 12.6 Å². The second-order valence-corrected chi connectivity index (χ2v) is 2.05. The number of allylic oxidation sites excluding steroid dienone is 1. The summed E-state index contributed by atoms with van der Waals surface area (Å²) in [5.74, 6) is 0. The highest BCUT2D eigenvalue weighted by Gasteiger charge is 2.01. The van der Waals surface area contributed by atoms with Crippen LogP contribution >= 0.6 is 0 Å². The van der Waals surface area contributed by atoms with Crippen LogP contribution in [0, 0.1) is 10.1 Å². The van der Waals surface area contributed by atoms with Crippen LogP contribution in [-0.4, -0.2) is 14.9 Å². The van der Waals surface area contributed by atoms with Crippen LogP contribution in [-0.2, 0) is 0 Å². The summed E-state index contributed by atoms with van der Waals surface area (Å²) in [4.78, 5) is 16.1.